The summed E-state index contributed by atoms with van der Waals surface area (Å²) in [6.45, 7) is 9.70. The molecule has 1 aromatic rings. The maximum Gasteiger partial charge on any atom is 0.408 e. The number of hydrogen-bond donors (Lipinski definition) is 3. The van der Waals surface area contributed by atoms with Gasteiger partial charge in [0.1, 0.15) is 17.7 Å². The first-order valence-corrected chi connectivity index (χ1v) is 10.8. The first-order valence-electron chi connectivity index (χ1n) is 10.2. The molecule has 0 heterocycles. The number of hydrogen-bond acceptors (Lipinski definition) is 5. The number of benzene rings is 1. The fourth-order valence-electron chi connectivity index (χ4n) is 2.91. The van der Waals surface area contributed by atoms with E-state index in [1.54, 1.807) is 27.8 Å². The van der Waals surface area contributed by atoms with Gasteiger partial charge in [0, 0.05) is 19.3 Å². The number of ether oxygens (including phenoxy) is 1. The van der Waals surface area contributed by atoms with E-state index in [0.717, 1.165) is 24.0 Å². The van der Waals surface area contributed by atoms with Crippen LogP contribution in [0.15, 0.2) is 24.3 Å². The lowest BCUT2D eigenvalue weighted by Crippen LogP contribution is -2.52. The molecule has 0 aliphatic carbocycles. The first-order chi connectivity index (χ1) is 14.0. The van der Waals surface area contributed by atoms with Gasteiger partial charge in [-0.3, -0.25) is 9.59 Å². The summed E-state index contributed by atoms with van der Waals surface area (Å²) in [6, 6.07) is 5.70. The molecule has 2 unspecified atom stereocenters. The zero-order valence-electron chi connectivity index (χ0n) is 18.8. The summed E-state index contributed by atoms with van der Waals surface area (Å²) in [5.74, 6) is -0.612. The quantitative estimate of drug-likeness (QED) is 0.409. The van der Waals surface area contributed by atoms with Crippen molar-refractivity contribution < 1.29 is 19.1 Å². The van der Waals surface area contributed by atoms with Crippen molar-refractivity contribution in [3.8, 4) is 0 Å². The minimum Gasteiger partial charge on any atom is -0.444 e. The van der Waals surface area contributed by atoms with Crippen molar-refractivity contribution in [2.24, 2.45) is 0 Å². The van der Waals surface area contributed by atoms with E-state index in [1.165, 1.54) is 4.90 Å². The van der Waals surface area contributed by atoms with Crippen LogP contribution in [0.3, 0.4) is 0 Å². The molecule has 0 fully saturated rings. The summed E-state index contributed by atoms with van der Waals surface area (Å²) in [6.07, 6.45) is 1.10. The van der Waals surface area contributed by atoms with Gasteiger partial charge in [-0.05, 0) is 45.2 Å². The van der Waals surface area contributed by atoms with E-state index in [9.17, 15) is 14.4 Å². The number of amides is 3. The Morgan fingerprint density at radius 1 is 1.20 bits per heavy atom. The maximum atomic E-state index is 13.2. The summed E-state index contributed by atoms with van der Waals surface area (Å²) < 4.78 is 5.24. The average Bonchev–Trinajstić information content (AvgIpc) is 2.66. The highest BCUT2D eigenvalue weighted by atomic mass is 32.1. The van der Waals surface area contributed by atoms with Gasteiger partial charge in [-0.15, -0.1) is 0 Å². The Hall–Kier alpha value is -2.22. The van der Waals surface area contributed by atoms with Gasteiger partial charge < -0.3 is 20.3 Å². The second-order valence-electron chi connectivity index (χ2n) is 8.23. The predicted molar refractivity (Wildman–Crippen MR) is 122 cm³/mol. The van der Waals surface area contributed by atoms with Crippen LogP contribution in [0.4, 0.5) is 4.79 Å². The zero-order valence-corrected chi connectivity index (χ0v) is 19.7. The molecule has 0 saturated heterocycles. The largest absolute Gasteiger partial charge is 0.444 e. The number of likely N-dealkylation sites (N-methyl/N-ethyl adjacent to an activating group) is 1. The molecule has 2 atom stereocenters. The Bertz CT molecular complexity index is 733. The molecule has 0 spiro atoms. The number of nitrogens with zero attached hydrogens (tertiary/aromatic N) is 1. The lowest BCUT2D eigenvalue weighted by Gasteiger charge is -2.32. The zero-order chi connectivity index (χ0) is 22.9. The molecule has 0 aromatic heterocycles. The first kappa shape index (κ1) is 25.8. The van der Waals surface area contributed by atoms with Crippen molar-refractivity contribution in [3.63, 3.8) is 0 Å². The summed E-state index contributed by atoms with van der Waals surface area (Å²) in [5.41, 5.74) is 0.941. The molecule has 30 heavy (non-hydrogen) atoms. The summed E-state index contributed by atoms with van der Waals surface area (Å²) in [4.78, 5) is 39.7. The van der Waals surface area contributed by atoms with Crippen LogP contribution in [0.5, 0.6) is 0 Å². The van der Waals surface area contributed by atoms with Crippen molar-refractivity contribution in [2.45, 2.75) is 65.1 Å². The number of thiol groups is 1. The Morgan fingerprint density at radius 2 is 1.83 bits per heavy atom. The number of carbonyl (C=O) groups is 3. The lowest BCUT2D eigenvalue weighted by molar-refractivity contribution is -0.140. The third-order valence-corrected chi connectivity index (χ3v) is 4.83. The molecule has 0 aliphatic rings. The van der Waals surface area contributed by atoms with Crippen molar-refractivity contribution >= 4 is 30.5 Å². The maximum absolute atomic E-state index is 13.2. The number of nitrogens with one attached hydrogen (secondary N) is 2. The van der Waals surface area contributed by atoms with Crippen LogP contribution in [0, 0.1) is 6.92 Å². The molecule has 0 bridgehead atoms. The van der Waals surface area contributed by atoms with Crippen LogP contribution >= 0.6 is 12.6 Å². The lowest BCUT2D eigenvalue weighted by atomic mass is 9.98. The van der Waals surface area contributed by atoms with E-state index < -0.39 is 29.7 Å². The number of unbranched alkanes of at least 4 members (excludes halogenated alkanes) is 1. The number of carbonyl (C=O) groups excluding carboxylic acids is 3. The van der Waals surface area contributed by atoms with Crippen LogP contribution in [-0.4, -0.2) is 53.8 Å². The molecule has 3 amide bonds. The van der Waals surface area contributed by atoms with Gasteiger partial charge in [-0.2, -0.15) is 12.6 Å². The van der Waals surface area contributed by atoms with Crippen LogP contribution in [0.25, 0.3) is 0 Å². The number of alkyl carbamates (subject to hydrolysis) is 1. The third-order valence-electron chi connectivity index (χ3n) is 4.47. The second-order valence-corrected chi connectivity index (χ2v) is 8.60. The van der Waals surface area contributed by atoms with E-state index in [4.69, 9.17) is 4.74 Å². The summed E-state index contributed by atoms with van der Waals surface area (Å²) in [5, 5.41) is 5.47. The number of rotatable bonds is 9. The molecule has 0 aliphatic heterocycles. The normalized spacial score (nSPS) is 13.2. The van der Waals surface area contributed by atoms with E-state index >= 15 is 0 Å². The van der Waals surface area contributed by atoms with Crippen molar-refractivity contribution in [2.75, 3.05) is 19.3 Å². The van der Waals surface area contributed by atoms with Crippen molar-refractivity contribution in [1.82, 2.24) is 15.5 Å². The fourth-order valence-corrected chi connectivity index (χ4v) is 3.16. The number of aryl methyl sites for hydroxylation is 1. The van der Waals surface area contributed by atoms with Gasteiger partial charge in [0.15, 0.2) is 0 Å². The average molecular weight is 438 g/mol. The molecule has 8 heteroatoms. The standard InChI is InChI=1S/C22H35N3O4S/c1-7-8-13-23-19(26)18(16-12-10-9-11-15(16)2)25(6)20(27)17(14-30)24-21(28)29-22(3,4)5/h9-12,17-18,30H,7-8,13-14H2,1-6H3,(H,23,26)(H,24,28). The van der Waals surface area contributed by atoms with Gasteiger partial charge in [0.25, 0.3) is 0 Å². The minimum absolute atomic E-state index is 0.0698. The molecular formula is C22H35N3O4S. The van der Waals surface area contributed by atoms with E-state index in [0.29, 0.717) is 6.54 Å². The molecular weight excluding hydrogens is 402 g/mol. The second kappa shape index (κ2) is 11.8. The highest BCUT2D eigenvalue weighted by molar-refractivity contribution is 7.80. The Labute approximate surface area is 185 Å². The molecule has 0 radical (unpaired) electrons. The van der Waals surface area contributed by atoms with Gasteiger partial charge >= 0.3 is 6.09 Å². The van der Waals surface area contributed by atoms with Gasteiger partial charge in [-0.1, -0.05) is 37.6 Å². The Kier molecular flexibility index (Phi) is 10.2. The van der Waals surface area contributed by atoms with Gasteiger partial charge in [-0.25, -0.2) is 4.79 Å². The third kappa shape index (κ3) is 7.89. The van der Waals surface area contributed by atoms with Crippen LogP contribution < -0.4 is 10.6 Å². The summed E-state index contributed by atoms with van der Waals surface area (Å²) in [7, 11) is 1.56. The highest BCUT2D eigenvalue weighted by Crippen LogP contribution is 2.24. The monoisotopic (exact) mass is 437 g/mol. The minimum atomic E-state index is -0.928. The van der Waals surface area contributed by atoms with E-state index in [2.05, 4.69) is 23.3 Å². The van der Waals surface area contributed by atoms with Crippen LogP contribution in [0.2, 0.25) is 0 Å². The van der Waals surface area contributed by atoms with Gasteiger partial charge in [0.05, 0.1) is 0 Å². The molecule has 1 aromatic carbocycles. The fraction of sp³-hybridized carbons (Fsp3) is 0.591. The highest BCUT2D eigenvalue weighted by Gasteiger charge is 2.34. The van der Waals surface area contributed by atoms with Crippen molar-refractivity contribution in [3.05, 3.63) is 35.4 Å². The van der Waals surface area contributed by atoms with Crippen LogP contribution in [0.1, 0.15) is 57.7 Å². The molecule has 168 valence electrons. The summed E-state index contributed by atoms with van der Waals surface area (Å²) >= 11 is 4.21. The SMILES string of the molecule is CCCCNC(=O)C(c1ccccc1C)N(C)C(=O)C(CS)NC(=O)OC(C)(C)C. The Balaban J connectivity index is 3.10. The molecule has 1 rings (SSSR count). The van der Waals surface area contributed by atoms with Crippen molar-refractivity contribution in [1.29, 1.82) is 0 Å². The van der Waals surface area contributed by atoms with Gasteiger partial charge in [0.2, 0.25) is 11.8 Å². The smallest absolute Gasteiger partial charge is 0.408 e. The molecule has 0 saturated carbocycles. The van der Waals surface area contributed by atoms with E-state index in [-0.39, 0.29) is 11.7 Å². The van der Waals surface area contributed by atoms with E-state index in [1.807, 2.05) is 38.1 Å². The van der Waals surface area contributed by atoms with Crippen LogP contribution in [-0.2, 0) is 14.3 Å². The molecule has 2 N–H and O–H groups in total. The predicted octanol–water partition coefficient (Wildman–Crippen LogP) is 3.23. The topological polar surface area (TPSA) is 87.7 Å². The molecule has 7 nitrogen and oxygen atoms in total. The Morgan fingerprint density at radius 3 is 2.37 bits per heavy atom.